The van der Waals surface area contributed by atoms with Gasteiger partial charge in [-0.05, 0) is 40.0 Å². The van der Waals surface area contributed by atoms with Gasteiger partial charge in [0.05, 0.1) is 6.10 Å². The van der Waals surface area contributed by atoms with Crippen molar-refractivity contribution < 1.29 is 14.3 Å². The van der Waals surface area contributed by atoms with Crippen LogP contribution in [0.4, 0.5) is 0 Å². The smallest absolute Gasteiger partial charge is 0.155 e. The monoisotopic (exact) mass is 240 g/mol. The van der Waals surface area contributed by atoms with E-state index in [1.807, 2.05) is 26.8 Å². The van der Waals surface area contributed by atoms with Gasteiger partial charge in [0.15, 0.2) is 6.29 Å². The normalized spacial score (nSPS) is 24.4. The van der Waals surface area contributed by atoms with Gasteiger partial charge in [0, 0.05) is 18.9 Å². The molecule has 0 aromatic rings. The Hall–Kier alpha value is -0.670. The molecule has 0 amide bonds. The molecule has 1 saturated carbocycles. The van der Waals surface area contributed by atoms with Crippen LogP contribution in [0.25, 0.3) is 0 Å². The minimum atomic E-state index is -0.173. The highest BCUT2D eigenvalue weighted by Crippen LogP contribution is 2.24. The number of ether oxygens (including phenoxy) is 2. The molecule has 0 aromatic heterocycles. The molecule has 0 aliphatic heterocycles. The van der Waals surface area contributed by atoms with Gasteiger partial charge in [-0.2, -0.15) is 0 Å². The van der Waals surface area contributed by atoms with E-state index in [2.05, 4.69) is 6.08 Å². The molecule has 0 radical (unpaired) electrons. The van der Waals surface area contributed by atoms with E-state index < -0.39 is 0 Å². The fourth-order valence-corrected chi connectivity index (χ4v) is 2.19. The number of allylic oxidation sites excluding steroid dienone is 1. The van der Waals surface area contributed by atoms with Crippen molar-refractivity contribution in [2.24, 2.45) is 5.92 Å². The number of Topliss-reactive ketones (excluding diaryl/α,β-unsaturated/α-hetero) is 1. The molecular weight excluding hydrogens is 216 g/mol. The van der Waals surface area contributed by atoms with Gasteiger partial charge in [-0.25, -0.2) is 0 Å². The largest absolute Gasteiger partial charge is 0.353 e. The van der Waals surface area contributed by atoms with Crippen molar-refractivity contribution in [3.63, 3.8) is 0 Å². The van der Waals surface area contributed by atoms with Crippen molar-refractivity contribution in [3.8, 4) is 0 Å². The van der Waals surface area contributed by atoms with Crippen LogP contribution < -0.4 is 0 Å². The molecule has 0 aromatic carbocycles. The Morgan fingerprint density at radius 3 is 2.82 bits per heavy atom. The molecule has 17 heavy (non-hydrogen) atoms. The van der Waals surface area contributed by atoms with E-state index in [0.717, 1.165) is 25.7 Å². The SMILES string of the molecule is CCOC(C)OC(C)C=CCC1CCCC1=O. The average Bonchev–Trinajstić information content (AvgIpc) is 2.64. The molecule has 0 bridgehead atoms. The van der Waals surface area contributed by atoms with Crippen LogP contribution in [0.3, 0.4) is 0 Å². The van der Waals surface area contributed by atoms with Gasteiger partial charge in [-0.1, -0.05) is 12.2 Å². The molecular formula is C14H24O3. The number of carbonyl (C=O) groups excluding carboxylic acids is 1. The number of carbonyl (C=O) groups is 1. The lowest BCUT2D eigenvalue weighted by Crippen LogP contribution is -2.18. The van der Waals surface area contributed by atoms with Crippen LogP contribution in [-0.4, -0.2) is 24.8 Å². The summed E-state index contributed by atoms with van der Waals surface area (Å²) in [5, 5.41) is 0. The summed E-state index contributed by atoms with van der Waals surface area (Å²) in [6.07, 6.45) is 7.68. The minimum Gasteiger partial charge on any atom is -0.353 e. The van der Waals surface area contributed by atoms with E-state index in [4.69, 9.17) is 9.47 Å². The zero-order valence-corrected chi connectivity index (χ0v) is 11.1. The molecule has 0 heterocycles. The quantitative estimate of drug-likeness (QED) is 0.506. The van der Waals surface area contributed by atoms with E-state index in [-0.39, 0.29) is 18.3 Å². The van der Waals surface area contributed by atoms with E-state index in [1.54, 1.807) is 0 Å². The topological polar surface area (TPSA) is 35.5 Å². The predicted octanol–water partition coefficient (Wildman–Crippen LogP) is 3.09. The molecule has 1 aliphatic carbocycles. The summed E-state index contributed by atoms with van der Waals surface area (Å²) in [4.78, 5) is 11.4. The molecule has 0 spiro atoms. The summed E-state index contributed by atoms with van der Waals surface area (Å²) < 4.78 is 10.9. The lowest BCUT2D eigenvalue weighted by atomic mass is 10.0. The van der Waals surface area contributed by atoms with Crippen molar-refractivity contribution in [2.75, 3.05) is 6.61 Å². The maximum atomic E-state index is 11.4. The third-order valence-electron chi connectivity index (χ3n) is 3.07. The van der Waals surface area contributed by atoms with Crippen LogP contribution in [0.2, 0.25) is 0 Å². The Balaban J connectivity index is 2.21. The highest BCUT2D eigenvalue weighted by Gasteiger charge is 2.22. The van der Waals surface area contributed by atoms with Crippen molar-refractivity contribution in [1.82, 2.24) is 0 Å². The summed E-state index contributed by atoms with van der Waals surface area (Å²) in [5.74, 6) is 0.675. The molecule has 0 N–H and O–H groups in total. The molecule has 1 aliphatic rings. The first-order valence-electron chi connectivity index (χ1n) is 6.60. The fraction of sp³-hybridized carbons (Fsp3) is 0.786. The average molecular weight is 240 g/mol. The highest BCUT2D eigenvalue weighted by molar-refractivity contribution is 5.82. The Morgan fingerprint density at radius 1 is 1.47 bits per heavy atom. The van der Waals surface area contributed by atoms with Gasteiger partial charge in [0.2, 0.25) is 0 Å². The lowest BCUT2D eigenvalue weighted by molar-refractivity contribution is -0.141. The summed E-state index contributed by atoms with van der Waals surface area (Å²) in [6, 6.07) is 0. The molecule has 1 rings (SSSR count). The lowest BCUT2D eigenvalue weighted by Gasteiger charge is -2.16. The predicted molar refractivity (Wildman–Crippen MR) is 67.7 cm³/mol. The second-order valence-corrected chi connectivity index (χ2v) is 4.58. The Morgan fingerprint density at radius 2 is 2.24 bits per heavy atom. The van der Waals surface area contributed by atoms with Gasteiger partial charge in [0.25, 0.3) is 0 Å². The molecule has 3 unspecified atom stereocenters. The fourth-order valence-electron chi connectivity index (χ4n) is 2.19. The number of rotatable bonds is 7. The molecule has 3 heteroatoms. The molecule has 98 valence electrons. The van der Waals surface area contributed by atoms with Crippen LogP contribution in [0.5, 0.6) is 0 Å². The Kier molecular flexibility index (Phi) is 6.45. The maximum Gasteiger partial charge on any atom is 0.155 e. The number of ketones is 1. The van der Waals surface area contributed by atoms with Crippen LogP contribution in [-0.2, 0) is 14.3 Å². The van der Waals surface area contributed by atoms with E-state index >= 15 is 0 Å². The number of hydrogen-bond acceptors (Lipinski definition) is 3. The molecule has 1 fully saturated rings. The summed E-state index contributed by atoms with van der Waals surface area (Å²) >= 11 is 0. The van der Waals surface area contributed by atoms with Gasteiger partial charge >= 0.3 is 0 Å². The number of hydrogen-bond donors (Lipinski definition) is 0. The van der Waals surface area contributed by atoms with E-state index in [1.165, 1.54) is 0 Å². The second-order valence-electron chi connectivity index (χ2n) is 4.58. The summed E-state index contributed by atoms with van der Waals surface area (Å²) in [5.41, 5.74) is 0. The first kappa shape index (κ1) is 14.4. The van der Waals surface area contributed by atoms with Crippen LogP contribution in [0, 0.1) is 5.92 Å². The van der Waals surface area contributed by atoms with Crippen molar-refractivity contribution in [2.45, 2.75) is 58.8 Å². The third kappa shape index (κ3) is 5.46. The van der Waals surface area contributed by atoms with Crippen molar-refractivity contribution in [1.29, 1.82) is 0 Å². The van der Waals surface area contributed by atoms with Gasteiger partial charge in [-0.3, -0.25) is 4.79 Å². The van der Waals surface area contributed by atoms with Crippen molar-refractivity contribution >= 4 is 5.78 Å². The van der Waals surface area contributed by atoms with Gasteiger partial charge in [-0.15, -0.1) is 0 Å². The van der Waals surface area contributed by atoms with Crippen LogP contribution in [0.15, 0.2) is 12.2 Å². The molecule has 0 saturated heterocycles. The van der Waals surface area contributed by atoms with E-state index in [9.17, 15) is 4.79 Å². The molecule has 3 nitrogen and oxygen atoms in total. The minimum absolute atomic E-state index is 0.0352. The van der Waals surface area contributed by atoms with Gasteiger partial charge < -0.3 is 9.47 Å². The highest BCUT2D eigenvalue weighted by atomic mass is 16.7. The van der Waals surface area contributed by atoms with Crippen molar-refractivity contribution in [3.05, 3.63) is 12.2 Å². The maximum absolute atomic E-state index is 11.4. The van der Waals surface area contributed by atoms with Gasteiger partial charge in [0.1, 0.15) is 5.78 Å². The third-order valence-corrected chi connectivity index (χ3v) is 3.07. The summed E-state index contributed by atoms with van der Waals surface area (Å²) in [6.45, 7) is 6.50. The standard InChI is InChI=1S/C14H24O3/c1-4-16-12(3)17-11(2)7-5-8-13-9-6-10-14(13)15/h5,7,11-13H,4,6,8-10H2,1-3H3. The second kappa shape index (κ2) is 7.62. The Labute approximate surface area is 104 Å². The van der Waals surface area contributed by atoms with E-state index in [0.29, 0.717) is 12.4 Å². The summed E-state index contributed by atoms with van der Waals surface area (Å²) in [7, 11) is 0. The molecule has 3 atom stereocenters. The van der Waals surface area contributed by atoms with Crippen LogP contribution in [0.1, 0.15) is 46.5 Å². The first-order chi connectivity index (χ1) is 8.13. The zero-order chi connectivity index (χ0) is 12.7. The zero-order valence-electron chi connectivity index (χ0n) is 11.1. The first-order valence-corrected chi connectivity index (χ1v) is 6.60. The Bertz CT molecular complexity index is 260. The van der Waals surface area contributed by atoms with Crippen LogP contribution >= 0.6 is 0 Å².